The van der Waals surface area contributed by atoms with Gasteiger partial charge in [0.05, 0.1) is 18.2 Å². The number of para-hydroxylation sites is 1. The van der Waals surface area contributed by atoms with Crippen molar-refractivity contribution in [3.8, 4) is 11.5 Å². The molecule has 2 N–H and O–H groups in total. The molecule has 0 spiro atoms. The number of piperidine rings is 1. The van der Waals surface area contributed by atoms with Crippen LogP contribution in [-0.2, 0) is 31.2 Å². The quantitative estimate of drug-likeness (QED) is 0.598. The predicted octanol–water partition coefficient (Wildman–Crippen LogP) is 3.89. The first-order valence-electron chi connectivity index (χ1n) is 12.4. The van der Waals surface area contributed by atoms with Crippen molar-refractivity contribution in [1.29, 1.82) is 0 Å². The number of aryl methyl sites for hydroxylation is 2. The molecule has 4 aliphatic rings. The molecule has 1 saturated heterocycles. The van der Waals surface area contributed by atoms with E-state index in [1.54, 1.807) is 13.2 Å². The highest BCUT2D eigenvalue weighted by Gasteiger charge is 2.68. The first-order chi connectivity index (χ1) is 15.9. The van der Waals surface area contributed by atoms with Gasteiger partial charge in [-0.2, -0.15) is 0 Å². The first-order valence-corrected chi connectivity index (χ1v) is 12.4. The van der Waals surface area contributed by atoms with Crippen molar-refractivity contribution in [2.24, 2.45) is 0 Å². The van der Waals surface area contributed by atoms with E-state index in [1.807, 2.05) is 0 Å². The van der Waals surface area contributed by atoms with Gasteiger partial charge in [-0.15, -0.1) is 0 Å². The first kappa shape index (κ1) is 19.9. The third-order valence-electron chi connectivity index (χ3n) is 9.74. The summed E-state index contributed by atoms with van der Waals surface area (Å²) < 4.78 is 8.42. The van der Waals surface area contributed by atoms with Crippen molar-refractivity contribution in [3.05, 3.63) is 58.3 Å². The molecule has 33 heavy (non-hydrogen) atoms. The molecule has 4 atom stereocenters. The van der Waals surface area contributed by atoms with Crippen molar-refractivity contribution in [2.45, 2.75) is 68.5 Å². The number of aliphatic hydroxyl groups is 1. The van der Waals surface area contributed by atoms with Gasteiger partial charge in [0, 0.05) is 47.0 Å². The zero-order valence-electron chi connectivity index (χ0n) is 19.7. The topological polar surface area (TPSA) is 57.9 Å². The molecule has 2 aromatic carbocycles. The minimum Gasteiger partial charge on any atom is -0.504 e. The number of likely N-dealkylation sites (N-methyl/N-ethyl adjacent to an activating group) is 1. The van der Waals surface area contributed by atoms with Gasteiger partial charge in [0.15, 0.2) is 11.5 Å². The summed E-state index contributed by atoms with van der Waals surface area (Å²) >= 11 is 0. The molecular weight excluding hydrogens is 412 g/mol. The van der Waals surface area contributed by atoms with Crippen LogP contribution in [-0.4, -0.2) is 52.0 Å². The number of ether oxygens (including phenoxy) is 1. The van der Waals surface area contributed by atoms with Crippen LogP contribution >= 0.6 is 0 Å². The van der Waals surface area contributed by atoms with Crippen molar-refractivity contribution < 1.29 is 14.9 Å². The van der Waals surface area contributed by atoms with Gasteiger partial charge in [-0.25, -0.2) is 0 Å². The number of rotatable bonds is 1. The van der Waals surface area contributed by atoms with E-state index in [4.69, 9.17) is 4.74 Å². The fraction of sp³-hybridized carbons (Fsp3) is 0.500. The Balaban J connectivity index is 1.60. The number of hydrogen-bond acceptors (Lipinski definition) is 4. The van der Waals surface area contributed by atoms with E-state index in [0.717, 1.165) is 44.3 Å². The summed E-state index contributed by atoms with van der Waals surface area (Å²) in [7, 11) is 3.80. The average Bonchev–Trinajstić information content (AvgIpc) is 3.12. The van der Waals surface area contributed by atoms with Gasteiger partial charge < -0.3 is 24.4 Å². The van der Waals surface area contributed by atoms with Crippen molar-refractivity contribution in [3.63, 3.8) is 0 Å². The summed E-state index contributed by atoms with van der Waals surface area (Å²) in [6.45, 7) is 4.28. The molecule has 1 fully saturated rings. The van der Waals surface area contributed by atoms with Crippen LogP contribution in [0, 0.1) is 0 Å². The highest BCUT2D eigenvalue weighted by molar-refractivity contribution is 5.90. The zero-order valence-corrected chi connectivity index (χ0v) is 19.7. The monoisotopic (exact) mass is 444 g/mol. The maximum atomic E-state index is 12.8. The molecule has 3 aromatic rings. The van der Waals surface area contributed by atoms with E-state index in [-0.39, 0.29) is 17.7 Å². The third-order valence-corrected chi connectivity index (χ3v) is 9.74. The number of aromatic hydroxyl groups is 1. The second-order valence-electron chi connectivity index (χ2n) is 10.8. The van der Waals surface area contributed by atoms with Crippen molar-refractivity contribution in [1.82, 2.24) is 9.47 Å². The van der Waals surface area contributed by atoms with Gasteiger partial charge in [0.2, 0.25) is 0 Å². The number of nitrogens with zero attached hydrogens (tertiary/aromatic N) is 2. The Morgan fingerprint density at radius 2 is 1.97 bits per heavy atom. The minimum atomic E-state index is -0.927. The van der Waals surface area contributed by atoms with Gasteiger partial charge in [-0.1, -0.05) is 31.2 Å². The fourth-order valence-electron chi connectivity index (χ4n) is 8.44. The Morgan fingerprint density at radius 3 is 2.79 bits per heavy atom. The molecule has 1 unspecified atom stereocenters. The molecule has 0 saturated carbocycles. The average molecular weight is 445 g/mol. The Morgan fingerprint density at radius 1 is 1.12 bits per heavy atom. The van der Waals surface area contributed by atoms with Gasteiger partial charge in [0.25, 0.3) is 0 Å². The highest BCUT2D eigenvalue weighted by atomic mass is 16.5. The Kier molecular flexibility index (Phi) is 3.82. The van der Waals surface area contributed by atoms with Gasteiger partial charge in [-0.05, 0) is 62.0 Å². The summed E-state index contributed by atoms with van der Waals surface area (Å²) in [6.07, 6.45) is 4.54. The normalized spacial score (nSPS) is 32.2. The number of hydrogen-bond donors (Lipinski definition) is 2. The predicted molar refractivity (Wildman–Crippen MR) is 128 cm³/mol. The molecule has 5 nitrogen and oxygen atoms in total. The second-order valence-corrected chi connectivity index (χ2v) is 10.8. The van der Waals surface area contributed by atoms with Crippen molar-refractivity contribution >= 4 is 10.9 Å². The van der Waals surface area contributed by atoms with Crippen LogP contribution in [0.4, 0.5) is 0 Å². The minimum absolute atomic E-state index is 0.0373. The van der Waals surface area contributed by atoms with E-state index in [2.05, 4.69) is 47.7 Å². The number of fused-ring (bicyclic) bond motifs is 4. The van der Waals surface area contributed by atoms with Crippen LogP contribution in [0.15, 0.2) is 30.3 Å². The summed E-state index contributed by atoms with van der Waals surface area (Å²) in [5.41, 5.74) is 6.37. The largest absolute Gasteiger partial charge is 0.504 e. The summed E-state index contributed by atoms with van der Waals surface area (Å²) in [4.78, 5) is 2.36. The van der Waals surface area contributed by atoms with Gasteiger partial charge in [-0.3, -0.25) is 0 Å². The smallest absolute Gasteiger partial charge is 0.164 e. The van der Waals surface area contributed by atoms with Crippen LogP contribution in [0.5, 0.6) is 11.5 Å². The number of phenolic OH excluding ortho intramolecular Hbond substituents is 1. The molecule has 0 amide bonds. The zero-order chi connectivity index (χ0) is 22.7. The van der Waals surface area contributed by atoms with Crippen LogP contribution < -0.4 is 4.74 Å². The maximum absolute atomic E-state index is 12.8. The second kappa shape index (κ2) is 6.34. The Bertz CT molecular complexity index is 1330. The van der Waals surface area contributed by atoms with Gasteiger partial charge in [0.1, 0.15) is 0 Å². The number of phenols is 1. The van der Waals surface area contributed by atoms with E-state index >= 15 is 0 Å². The lowest BCUT2D eigenvalue weighted by Gasteiger charge is -2.65. The van der Waals surface area contributed by atoms with E-state index in [1.165, 1.54) is 33.3 Å². The van der Waals surface area contributed by atoms with E-state index in [9.17, 15) is 10.2 Å². The SMILES string of the molecule is COc1c(O)ccc2c1[C@]13CCN(C)[C@H](C2)[C@]1(O)Cc1c(n2c4c(cccc14)CCC2)C3C. The summed E-state index contributed by atoms with van der Waals surface area (Å²) in [5.74, 6) is 0.836. The van der Waals surface area contributed by atoms with E-state index in [0.29, 0.717) is 12.2 Å². The number of likely N-dealkylation sites (tertiary alicyclic amines) is 1. The van der Waals surface area contributed by atoms with Crippen LogP contribution in [0.3, 0.4) is 0 Å². The molecule has 5 heteroatoms. The lowest BCUT2D eigenvalue weighted by molar-refractivity contribution is -0.154. The van der Waals surface area contributed by atoms with Crippen LogP contribution in [0.1, 0.15) is 53.6 Å². The number of aromatic nitrogens is 1. The number of benzene rings is 2. The number of methoxy groups -OCH3 is 1. The van der Waals surface area contributed by atoms with Gasteiger partial charge >= 0.3 is 0 Å². The fourth-order valence-corrected chi connectivity index (χ4v) is 8.44. The molecule has 2 bridgehead atoms. The van der Waals surface area contributed by atoms with Crippen LogP contribution in [0.2, 0.25) is 0 Å². The van der Waals surface area contributed by atoms with E-state index < -0.39 is 11.0 Å². The Hall–Kier alpha value is -2.50. The summed E-state index contributed by atoms with van der Waals surface area (Å²) in [5, 5.41) is 25.0. The molecular formula is C28H32N2O3. The third kappa shape index (κ3) is 2.12. The maximum Gasteiger partial charge on any atom is 0.164 e. The molecule has 7 rings (SSSR count). The lowest BCUT2D eigenvalue weighted by Crippen LogP contribution is -2.74. The molecule has 0 radical (unpaired) electrons. The van der Waals surface area contributed by atoms with Crippen molar-refractivity contribution in [2.75, 3.05) is 20.7 Å². The molecule has 1 aromatic heterocycles. The van der Waals surface area contributed by atoms with Crippen LogP contribution in [0.25, 0.3) is 10.9 Å². The molecule has 2 aliphatic carbocycles. The standard InChI is InChI=1S/C28H32N2O3/c1-16-24-20(19-8-4-6-17-7-5-12-30(24)25(17)19)15-28(32)22-14-18-9-10-21(31)26(33-3)23(18)27(16,28)11-13-29(22)2/h4,6,8-10,16,22,31-32H,5,7,11-15H2,1-3H3/t16?,22-,27-,28-/m1/s1. The molecule has 2 aliphatic heterocycles. The summed E-state index contributed by atoms with van der Waals surface area (Å²) in [6, 6.07) is 10.6. The molecule has 172 valence electrons. The Labute approximate surface area is 194 Å². The molecule has 3 heterocycles. The highest BCUT2D eigenvalue weighted by Crippen LogP contribution is 2.65. The lowest BCUT2D eigenvalue weighted by atomic mass is 9.46.